The highest BCUT2D eigenvalue weighted by atomic mass is 19.1. The van der Waals surface area contributed by atoms with E-state index in [-0.39, 0.29) is 22.6 Å². The molecule has 0 aliphatic carbocycles. The predicted molar refractivity (Wildman–Crippen MR) is 111 cm³/mol. The summed E-state index contributed by atoms with van der Waals surface area (Å²) < 4.78 is 27.4. The Morgan fingerprint density at radius 3 is 2.60 bits per heavy atom. The highest BCUT2D eigenvalue weighted by Gasteiger charge is 2.20. The number of methoxy groups -OCH3 is 1. The number of aromatic nitrogens is 1. The van der Waals surface area contributed by atoms with Crippen LogP contribution in [0.4, 0.5) is 10.1 Å². The number of aryl methyl sites for hydroxylation is 1. The molecule has 3 aromatic heterocycles. The molecule has 1 amide bonds. The van der Waals surface area contributed by atoms with Crippen LogP contribution < -0.4 is 10.1 Å². The van der Waals surface area contributed by atoms with Crippen LogP contribution in [0.5, 0.6) is 5.75 Å². The molecule has 0 aliphatic rings. The molecule has 1 N–H and O–H groups in total. The number of amides is 1. The third-order valence-corrected chi connectivity index (χ3v) is 4.84. The normalized spacial score (nSPS) is 10.9. The molecule has 30 heavy (non-hydrogen) atoms. The fourth-order valence-corrected chi connectivity index (χ4v) is 3.35. The van der Waals surface area contributed by atoms with Crippen molar-refractivity contribution >= 4 is 22.9 Å². The number of pyridine rings is 1. The second kappa shape index (κ2) is 7.51. The number of anilines is 1. The van der Waals surface area contributed by atoms with Gasteiger partial charge >= 0.3 is 0 Å². The molecular weight excluding hydrogens is 387 g/mol. The van der Waals surface area contributed by atoms with E-state index in [1.165, 1.54) is 26.2 Å². The first kappa shape index (κ1) is 19.4. The number of ether oxygens (including phenoxy) is 1. The molecule has 152 valence electrons. The quantitative estimate of drug-likeness (QED) is 0.468. The number of carbonyl (C=O) groups is 2. The average Bonchev–Trinajstić information content (AvgIpc) is 3.32. The van der Waals surface area contributed by atoms with Crippen LogP contribution in [0.1, 0.15) is 33.5 Å². The Morgan fingerprint density at radius 2 is 1.93 bits per heavy atom. The predicted octanol–water partition coefficient (Wildman–Crippen LogP) is 5.11. The van der Waals surface area contributed by atoms with Gasteiger partial charge in [-0.25, -0.2) is 4.39 Å². The molecule has 0 saturated carbocycles. The monoisotopic (exact) mass is 406 g/mol. The first-order valence-electron chi connectivity index (χ1n) is 9.25. The molecule has 0 bridgehead atoms. The molecule has 0 aliphatic heterocycles. The smallest absolute Gasteiger partial charge is 0.257 e. The number of fused-ring (bicyclic) bond motifs is 1. The van der Waals surface area contributed by atoms with Gasteiger partial charge < -0.3 is 18.9 Å². The molecule has 0 atom stereocenters. The molecule has 0 fully saturated rings. The van der Waals surface area contributed by atoms with Gasteiger partial charge in [0.05, 0.1) is 35.1 Å². The molecule has 3 heterocycles. The molecular formula is C23H19FN2O4. The number of carbonyl (C=O) groups excluding carboxylic acids is 2. The Hall–Kier alpha value is -3.87. The van der Waals surface area contributed by atoms with Crippen molar-refractivity contribution in [2.45, 2.75) is 13.8 Å². The summed E-state index contributed by atoms with van der Waals surface area (Å²) in [6, 6.07) is 12.9. The van der Waals surface area contributed by atoms with Gasteiger partial charge in [0.25, 0.3) is 5.91 Å². The number of halogens is 1. The molecule has 0 unspecified atom stereocenters. The highest BCUT2D eigenvalue weighted by molar-refractivity contribution is 6.11. The lowest BCUT2D eigenvalue weighted by molar-refractivity contribution is 0.101. The van der Waals surface area contributed by atoms with Crippen molar-refractivity contribution < 1.29 is 23.1 Å². The maximum Gasteiger partial charge on any atom is 0.257 e. The second-order valence-electron chi connectivity index (χ2n) is 6.85. The van der Waals surface area contributed by atoms with E-state index >= 15 is 4.39 Å². The van der Waals surface area contributed by atoms with Crippen LogP contribution in [0.15, 0.2) is 59.1 Å². The van der Waals surface area contributed by atoms with E-state index in [0.29, 0.717) is 28.5 Å². The molecule has 4 rings (SSSR count). The molecule has 6 nitrogen and oxygen atoms in total. The number of furan rings is 1. The van der Waals surface area contributed by atoms with Crippen molar-refractivity contribution in [3.05, 3.63) is 77.6 Å². The summed E-state index contributed by atoms with van der Waals surface area (Å²) in [5, 5.41) is 2.60. The van der Waals surface area contributed by atoms with Gasteiger partial charge in [0, 0.05) is 19.2 Å². The number of Topliss-reactive ketones (excluding diaryl/α,β-unsaturated/α-hetero) is 1. The van der Waals surface area contributed by atoms with Gasteiger partial charge in [0.15, 0.2) is 11.6 Å². The SMILES string of the molecule is COc1ccn2c(C(C)=O)cc(C(=O)Nc3cccc(-c4ccc(C)o4)c3F)c2c1. The van der Waals surface area contributed by atoms with Crippen LogP contribution >= 0.6 is 0 Å². The van der Waals surface area contributed by atoms with Crippen molar-refractivity contribution in [1.29, 1.82) is 0 Å². The summed E-state index contributed by atoms with van der Waals surface area (Å²) in [6.45, 7) is 3.19. The molecule has 7 heteroatoms. The van der Waals surface area contributed by atoms with E-state index in [0.717, 1.165) is 0 Å². The summed E-state index contributed by atoms with van der Waals surface area (Å²) >= 11 is 0. The molecule has 0 saturated heterocycles. The van der Waals surface area contributed by atoms with E-state index in [1.54, 1.807) is 53.9 Å². The minimum Gasteiger partial charge on any atom is -0.497 e. The van der Waals surface area contributed by atoms with Gasteiger partial charge in [-0.2, -0.15) is 0 Å². The first-order valence-corrected chi connectivity index (χ1v) is 9.25. The Labute approximate surface area is 171 Å². The molecule has 1 aromatic carbocycles. The van der Waals surface area contributed by atoms with Gasteiger partial charge in [-0.05, 0) is 43.3 Å². The Morgan fingerprint density at radius 1 is 1.13 bits per heavy atom. The summed E-state index contributed by atoms with van der Waals surface area (Å²) in [5.74, 6) is 0.221. The minimum absolute atomic E-state index is 0.0122. The molecule has 4 aromatic rings. The zero-order chi connectivity index (χ0) is 21.4. The minimum atomic E-state index is -0.604. The zero-order valence-corrected chi connectivity index (χ0v) is 16.7. The van der Waals surface area contributed by atoms with Crippen LogP contribution in [-0.2, 0) is 0 Å². The number of nitrogens with zero attached hydrogens (tertiary/aromatic N) is 1. The van der Waals surface area contributed by atoms with Gasteiger partial charge in [-0.1, -0.05) is 6.07 Å². The van der Waals surface area contributed by atoms with Crippen LogP contribution in [0, 0.1) is 12.7 Å². The number of hydrogen-bond acceptors (Lipinski definition) is 4. The number of rotatable bonds is 5. The van der Waals surface area contributed by atoms with E-state index in [1.807, 2.05) is 0 Å². The van der Waals surface area contributed by atoms with Crippen molar-refractivity contribution in [3.8, 4) is 17.1 Å². The van der Waals surface area contributed by atoms with E-state index in [9.17, 15) is 9.59 Å². The maximum atomic E-state index is 15.1. The fraction of sp³-hybridized carbons (Fsp3) is 0.130. The summed E-state index contributed by atoms with van der Waals surface area (Å²) in [5.41, 5.74) is 1.32. The first-order chi connectivity index (χ1) is 14.4. The standard InChI is InChI=1S/C23H19FN2O4/c1-13-7-8-21(30-13)16-5-4-6-18(22(16)24)25-23(28)17-12-19(14(2)27)26-10-9-15(29-3)11-20(17)26/h4-12H,1-3H3,(H,25,28). The lowest BCUT2D eigenvalue weighted by atomic mass is 10.1. The Balaban J connectivity index is 1.74. The van der Waals surface area contributed by atoms with Gasteiger partial charge in [0.2, 0.25) is 0 Å². The summed E-state index contributed by atoms with van der Waals surface area (Å²) in [4.78, 5) is 25.0. The van der Waals surface area contributed by atoms with Gasteiger partial charge in [-0.3, -0.25) is 9.59 Å². The van der Waals surface area contributed by atoms with Crippen molar-refractivity contribution in [2.75, 3.05) is 12.4 Å². The largest absolute Gasteiger partial charge is 0.497 e. The van der Waals surface area contributed by atoms with E-state index in [4.69, 9.17) is 9.15 Å². The van der Waals surface area contributed by atoms with Gasteiger partial charge in [-0.15, -0.1) is 0 Å². The highest BCUT2D eigenvalue weighted by Crippen LogP contribution is 2.30. The lowest BCUT2D eigenvalue weighted by Crippen LogP contribution is -2.13. The van der Waals surface area contributed by atoms with Crippen LogP contribution in [0.25, 0.3) is 16.8 Å². The van der Waals surface area contributed by atoms with Crippen molar-refractivity contribution in [2.24, 2.45) is 0 Å². The summed E-state index contributed by atoms with van der Waals surface area (Å²) in [7, 11) is 1.51. The Kier molecular flexibility index (Phi) is 4.87. The third kappa shape index (κ3) is 3.34. The zero-order valence-electron chi connectivity index (χ0n) is 16.7. The average molecular weight is 406 g/mol. The molecule has 0 radical (unpaired) electrons. The number of ketones is 1. The molecule has 0 spiro atoms. The number of nitrogens with one attached hydrogen (secondary N) is 1. The van der Waals surface area contributed by atoms with E-state index in [2.05, 4.69) is 5.32 Å². The van der Waals surface area contributed by atoms with Crippen LogP contribution in [-0.4, -0.2) is 23.2 Å². The fourth-order valence-electron chi connectivity index (χ4n) is 3.35. The van der Waals surface area contributed by atoms with Crippen molar-refractivity contribution in [1.82, 2.24) is 4.40 Å². The maximum absolute atomic E-state index is 15.1. The lowest BCUT2D eigenvalue weighted by Gasteiger charge is -2.09. The van der Waals surface area contributed by atoms with Crippen molar-refractivity contribution in [3.63, 3.8) is 0 Å². The van der Waals surface area contributed by atoms with Crippen LogP contribution in [0.2, 0.25) is 0 Å². The van der Waals surface area contributed by atoms with Gasteiger partial charge in [0.1, 0.15) is 17.3 Å². The Bertz CT molecular complexity index is 1290. The summed E-state index contributed by atoms with van der Waals surface area (Å²) in [6.07, 6.45) is 1.65. The second-order valence-corrected chi connectivity index (χ2v) is 6.85. The number of benzene rings is 1. The van der Waals surface area contributed by atoms with Crippen LogP contribution in [0.3, 0.4) is 0 Å². The number of hydrogen-bond donors (Lipinski definition) is 1. The third-order valence-electron chi connectivity index (χ3n) is 4.84. The topological polar surface area (TPSA) is 73.0 Å². The van der Waals surface area contributed by atoms with E-state index < -0.39 is 11.7 Å².